The van der Waals surface area contributed by atoms with E-state index < -0.39 is 10.0 Å². The van der Waals surface area contributed by atoms with E-state index in [1.165, 1.54) is 20.2 Å². The summed E-state index contributed by atoms with van der Waals surface area (Å²) in [5.41, 5.74) is 0.355. The second kappa shape index (κ2) is 4.41. The summed E-state index contributed by atoms with van der Waals surface area (Å²) in [6.45, 7) is 0. The highest BCUT2D eigenvalue weighted by Gasteiger charge is 2.19. The first kappa shape index (κ1) is 11.7. The Morgan fingerprint density at radius 2 is 1.93 bits per heavy atom. The average molecular weight is 228 g/mol. The summed E-state index contributed by atoms with van der Waals surface area (Å²) in [4.78, 5) is 0.118. The maximum atomic E-state index is 11.8. The number of hydrogen-bond donors (Lipinski definition) is 1. The summed E-state index contributed by atoms with van der Waals surface area (Å²) in [5.74, 6) is 0. The van der Waals surface area contributed by atoms with Gasteiger partial charge in [-0.25, -0.2) is 12.7 Å². The number of hydrogen-bond acceptors (Lipinski definition) is 4. The molecule has 0 unspecified atom stereocenters. The molecule has 0 fully saturated rings. The van der Waals surface area contributed by atoms with Crippen LogP contribution in [0, 0.1) is 0 Å². The Kier molecular flexibility index (Phi) is 3.43. The molecule has 0 aliphatic carbocycles. The third-order valence-corrected chi connectivity index (χ3v) is 3.76. The first-order valence-corrected chi connectivity index (χ1v) is 5.63. The SMILES string of the molecule is CN(C)S(=O)(=O)c1ccccc1C=NO. The van der Waals surface area contributed by atoms with Gasteiger partial charge in [0.25, 0.3) is 0 Å². The van der Waals surface area contributed by atoms with Crippen molar-refractivity contribution in [3.05, 3.63) is 29.8 Å². The van der Waals surface area contributed by atoms with Crippen molar-refractivity contribution in [2.45, 2.75) is 4.90 Å². The van der Waals surface area contributed by atoms with Gasteiger partial charge in [0.15, 0.2) is 0 Å². The monoisotopic (exact) mass is 228 g/mol. The number of sulfonamides is 1. The van der Waals surface area contributed by atoms with Gasteiger partial charge in [0.2, 0.25) is 10.0 Å². The van der Waals surface area contributed by atoms with E-state index in [0.717, 1.165) is 10.5 Å². The van der Waals surface area contributed by atoms with Gasteiger partial charge in [-0.05, 0) is 6.07 Å². The van der Waals surface area contributed by atoms with E-state index in [-0.39, 0.29) is 4.90 Å². The molecule has 1 rings (SSSR count). The van der Waals surface area contributed by atoms with Gasteiger partial charge in [0.05, 0.1) is 11.1 Å². The molecule has 0 radical (unpaired) electrons. The summed E-state index contributed by atoms with van der Waals surface area (Å²) in [5, 5.41) is 11.2. The lowest BCUT2D eigenvalue weighted by Gasteiger charge is -2.12. The first-order chi connectivity index (χ1) is 7.00. The predicted octanol–water partition coefficient (Wildman–Crippen LogP) is 0.745. The second-order valence-electron chi connectivity index (χ2n) is 3.07. The van der Waals surface area contributed by atoms with E-state index >= 15 is 0 Å². The molecular formula is C9H12N2O3S. The van der Waals surface area contributed by atoms with E-state index in [1.54, 1.807) is 18.2 Å². The molecule has 0 heterocycles. The van der Waals surface area contributed by atoms with Crippen molar-refractivity contribution in [2.24, 2.45) is 5.16 Å². The minimum Gasteiger partial charge on any atom is -0.411 e. The molecule has 1 N–H and O–H groups in total. The third-order valence-electron chi connectivity index (χ3n) is 1.87. The van der Waals surface area contributed by atoms with Crippen LogP contribution in [0.2, 0.25) is 0 Å². The number of benzene rings is 1. The molecule has 1 aromatic carbocycles. The third kappa shape index (κ3) is 2.34. The Morgan fingerprint density at radius 1 is 1.33 bits per heavy atom. The molecular weight excluding hydrogens is 216 g/mol. The Hall–Kier alpha value is -1.40. The van der Waals surface area contributed by atoms with Gasteiger partial charge in [0.1, 0.15) is 0 Å². The summed E-state index contributed by atoms with van der Waals surface area (Å²) in [6, 6.07) is 6.32. The molecule has 0 saturated carbocycles. The standard InChI is InChI=1S/C9H12N2O3S/c1-11(2)15(13,14)9-6-4-3-5-8(9)7-10-12/h3-7,12H,1-2H3. The van der Waals surface area contributed by atoms with E-state index in [1.807, 2.05) is 0 Å². The molecule has 6 heteroatoms. The van der Waals surface area contributed by atoms with Crippen LogP contribution >= 0.6 is 0 Å². The van der Waals surface area contributed by atoms with E-state index in [0.29, 0.717) is 5.56 Å². The highest BCUT2D eigenvalue weighted by atomic mass is 32.2. The molecule has 0 aliphatic heterocycles. The summed E-state index contributed by atoms with van der Waals surface area (Å²) in [6.07, 6.45) is 1.09. The van der Waals surface area contributed by atoms with Crippen LogP contribution in [0.1, 0.15) is 5.56 Å². The zero-order valence-electron chi connectivity index (χ0n) is 8.45. The van der Waals surface area contributed by atoms with Gasteiger partial charge in [-0.2, -0.15) is 0 Å². The van der Waals surface area contributed by atoms with Crippen LogP contribution in [0.15, 0.2) is 34.3 Å². The molecule has 15 heavy (non-hydrogen) atoms. The lowest BCUT2D eigenvalue weighted by atomic mass is 10.2. The maximum absolute atomic E-state index is 11.8. The maximum Gasteiger partial charge on any atom is 0.243 e. The fraction of sp³-hybridized carbons (Fsp3) is 0.222. The number of rotatable bonds is 3. The average Bonchev–Trinajstić information content (AvgIpc) is 2.18. The van der Waals surface area contributed by atoms with Gasteiger partial charge in [-0.1, -0.05) is 23.4 Å². The first-order valence-electron chi connectivity index (χ1n) is 4.19. The molecule has 0 atom stereocenters. The fourth-order valence-electron chi connectivity index (χ4n) is 1.08. The van der Waals surface area contributed by atoms with Crippen molar-refractivity contribution >= 4 is 16.2 Å². The molecule has 0 aromatic heterocycles. The van der Waals surface area contributed by atoms with Gasteiger partial charge < -0.3 is 5.21 Å². The van der Waals surface area contributed by atoms with Gasteiger partial charge in [-0.15, -0.1) is 0 Å². The van der Waals surface area contributed by atoms with Crippen LogP contribution in [-0.2, 0) is 10.0 Å². The Labute approximate surface area is 88.7 Å². The topological polar surface area (TPSA) is 70.0 Å². The van der Waals surface area contributed by atoms with Gasteiger partial charge in [0, 0.05) is 19.7 Å². The highest BCUT2D eigenvalue weighted by Crippen LogP contribution is 2.16. The molecule has 0 saturated heterocycles. The zero-order valence-corrected chi connectivity index (χ0v) is 9.27. The molecule has 1 aromatic rings. The van der Waals surface area contributed by atoms with Crippen molar-refractivity contribution in [3.8, 4) is 0 Å². The minimum atomic E-state index is -3.50. The van der Waals surface area contributed by atoms with Crippen molar-refractivity contribution in [2.75, 3.05) is 14.1 Å². The highest BCUT2D eigenvalue weighted by molar-refractivity contribution is 7.89. The second-order valence-corrected chi connectivity index (χ2v) is 5.19. The molecule has 5 nitrogen and oxygen atoms in total. The van der Waals surface area contributed by atoms with Crippen LogP contribution in [-0.4, -0.2) is 38.2 Å². The van der Waals surface area contributed by atoms with Crippen molar-refractivity contribution < 1.29 is 13.6 Å². The van der Waals surface area contributed by atoms with E-state index in [9.17, 15) is 8.42 Å². The Bertz CT molecular complexity index is 466. The molecule has 0 bridgehead atoms. The molecule has 82 valence electrons. The minimum absolute atomic E-state index is 0.118. The lowest BCUT2D eigenvalue weighted by molar-refractivity contribution is 0.321. The molecule has 0 amide bonds. The zero-order chi connectivity index (χ0) is 11.5. The summed E-state index contributed by atoms with van der Waals surface area (Å²) in [7, 11) is -0.606. The Balaban J connectivity index is 3.38. The van der Waals surface area contributed by atoms with Crippen molar-refractivity contribution in [1.29, 1.82) is 0 Å². The van der Waals surface area contributed by atoms with E-state index in [2.05, 4.69) is 5.16 Å². The fourth-order valence-corrected chi connectivity index (χ4v) is 2.14. The number of oxime groups is 1. The van der Waals surface area contributed by atoms with Crippen LogP contribution in [0.25, 0.3) is 0 Å². The van der Waals surface area contributed by atoms with E-state index in [4.69, 9.17) is 5.21 Å². The van der Waals surface area contributed by atoms with Crippen molar-refractivity contribution in [3.63, 3.8) is 0 Å². The lowest BCUT2D eigenvalue weighted by Crippen LogP contribution is -2.23. The van der Waals surface area contributed by atoms with Crippen LogP contribution in [0.4, 0.5) is 0 Å². The van der Waals surface area contributed by atoms with Crippen LogP contribution in [0.5, 0.6) is 0 Å². The predicted molar refractivity (Wildman–Crippen MR) is 56.7 cm³/mol. The summed E-state index contributed by atoms with van der Waals surface area (Å²) < 4.78 is 24.7. The molecule has 0 spiro atoms. The molecule has 0 aliphatic rings. The van der Waals surface area contributed by atoms with Crippen LogP contribution in [0.3, 0.4) is 0 Å². The van der Waals surface area contributed by atoms with Crippen LogP contribution < -0.4 is 0 Å². The quantitative estimate of drug-likeness (QED) is 0.471. The van der Waals surface area contributed by atoms with Crippen molar-refractivity contribution in [1.82, 2.24) is 4.31 Å². The smallest absolute Gasteiger partial charge is 0.243 e. The Morgan fingerprint density at radius 3 is 2.47 bits per heavy atom. The normalized spacial score (nSPS) is 12.5. The number of nitrogens with zero attached hydrogens (tertiary/aromatic N) is 2. The summed E-state index contributed by atoms with van der Waals surface area (Å²) >= 11 is 0. The van der Waals surface area contributed by atoms with Gasteiger partial charge >= 0.3 is 0 Å². The van der Waals surface area contributed by atoms with Gasteiger partial charge in [-0.3, -0.25) is 0 Å². The largest absolute Gasteiger partial charge is 0.411 e.